The summed E-state index contributed by atoms with van der Waals surface area (Å²) in [5.74, 6) is 3.66. The lowest BCUT2D eigenvalue weighted by Crippen LogP contribution is -2.14. The van der Waals surface area contributed by atoms with Crippen LogP contribution in [0.3, 0.4) is 0 Å². The fourth-order valence-corrected chi connectivity index (χ4v) is 2.94. The van der Waals surface area contributed by atoms with E-state index in [2.05, 4.69) is 15.2 Å². The molecule has 0 bridgehead atoms. The molecule has 29 heavy (non-hydrogen) atoms. The number of hydrogen-bond donors (Lipinski definition) is 2. The molecule has 0 saturated heterocycles. The molecule has 0 aliphatic carbocycles. The molecule has 8 nitrogen and oxygen atoms in total. The van der Waals surface area contributed by atoms with Gasteiger partial charge in [-0.2, -0.15) is 5.10 Å². The maximum absolute atomic E-state index is 6.41. The summed E-state index contributed by atoms with van der Waals surface area (Å²) in [7, 11) is 3.21. The molecule has 1 atom stereocenters. The molecule has 1 aromatic heterocycles. The monoisotopic (exact) mass is 398 g/mol. The second-order valence-electron chi connectivity index (χ2n) is 6.16. The molecule has 0 spiro atoms. The van der Waals surface area contributed by atoms with Gasteiger partial charge in [-0.15, -0.1) is 0 Å². The molecule has 0 amide bonds. The highest BCUT2D eigenvalue weighted by Gasteiger charge is 2.18. The predicted octanol–water partition coefficient (Wildman–Crippen LogP) is 3.33. The Bertz CT molecular complexity index is 958. The first-order chi connectivity index (χ1) is 14.1. The van der Waals surface area contributed by atoms with Crippen molar-refractivity contribution in [3.63, 3.8) is 0 Å². The van der Waals surface area contributed by atoms with E-state index in [1.807, 2.05) is 50.2 Å². The minimum absolute atomic E-state index is 0.494. The van der Waals surface area contributed by atoms with Crippen molar-refractivity contribution in [2.24, 2.45) is 5.73 Å². The fraction of sp³-hybridized carbons (Fsp3) is 0.333. The zero-order valence-corrected chi connectivity index (χ0v) is 17.1. The Balaban J connectivity index is 1.88. The molecule has 0 saturated carbocycles. The van der Waals surface area contributed by atoms with Gasteiger partial charge in [0.2, 0.25) is 0 Å². The van der Waals surface area contributed by atoms with Gasteiger partial charge >= 0.3 is 0 Å². The number of ether oxygens (including phenoxy) is 4. The summed E-state index contributed by atoms with van der Waals surface area (Å²) in [5.41, 5.74) is 8.05. The molecule has 0 radical (unpaired) electrons. The predicted molar refractivity (Wildman–Crippen MR) is 110 cm³/mol. The lowest BCUT2D eigenvalue weighted by molar-refractivity contribution is 0.310. The molecule has 2 aromatic carbocycles. The normalized spacial score (nSPS) is 11.8. The van der Waals surface area contributed by atoms with Gasteiger partial charge in [-0.25, -0.2) is 4.98 Å². The summed E-state index contributed by atoms with van der Waals surface area (Å²) in [6.07, 6.45) is 0. The number of rotatable bonds is 9. The third-order valence-corrected chi connectivity index (χ3v) is 4.37. The van der Waals surface area contributed by atoms with E-state index in [0.29, 0.717) is 47.9 Å². The third-order valence-electron chi connectivity index (χ3n) is 4.37. The van der Waals surface area contributed by atoms with Gasteiger partial charge in [0.15, 0.2) is 28.8 Å². The number of nitrogens with one attached hydrogen (secondary N) is 1. The van der Waals surface area contributed by atoms with Crippen LogP contribution in [0.2, 0.25) is 0 Å². The van der Waals surface area contributed by atoms with E-state index < -0.39 is 6.04 Å². The number of benzene rings is 2. The Labute approximate surface area is 170 Å². The van der Waals surface area contributed by atoms with Gasteiger partial charge < -0.3 is 24.7 Å². The van der Waals surface area contributed by atoms with Gasteiger partial charge in [-0.1, -0.05) is 6.07 Å². The smallest absolute Gasteiger partial charge is 0.181 e. The topological polar surface area (TPSA) is 105 Å². The lowest BCUT2D eigenvalue weighted by atomic mass is 10.1. The number of aromatic nitrogens is 3. The number of nitrogens with two attached hydrogens (primary N) is 1. The number of H-pyrrole nitrogens is 1. The van der Waals surface area contributed by atoms with Crippen molar-refractivity contribution in [1.29, 1.82) is 0 Å². The molecule has 154 valence electrons. The van der Waals surface area contributed by atoms with Crippen molar-refractivity contribution >= 4 is 0 Å². The van der Waals surface area contributed by atoms with E-state index in [1.165, 1.54) is 0 Å². The standard InChI is InChI=1S/C21H26N4O4/c1-5-28-17-11-13(7-9-15(17)26-3)19(22)21-23-20(24-25-21)14-8-10-16(27-4)18(12-14)29-6-2/h7-12,19H,5-6,22H2,1-4H3,(H,23,24,25)/t19-/m1/s1. The van der Waals surface area contributed by atoms with Crippen LogP contribution in [0.1, 0.15) is 31.3 Å². The Morgan fingerprint density at radius 2 is 1.52 bits per heavy atom. The fourth-order valence-electron chi connectivity index (χ4n) is 2.94. The van der Waals surface area contributed by atoms with Crippen LogP contribution in [0.15, 0.2) is 36.4 Å². The van der Waals surface area contributed by atoms with Crippen molar-refractivity contribution in [1.82, 2.24) is 15.2 Å². The summed E-state index contributed by atoms with van der Waals surface area (Å²) < 4.78 is 21.9. The van der Waals surface area contributed by atoms with Gasteiger partial charge in [0, 0.05) is 5.56 Å². The quantitative estimate of drug-likeness (QED) is 0.569. The van der Waals surface area contributed by atoms with Crippen molar-refractivity contribution in [3.05, 3.63) is 47.8 Å². The number of methoxy groups -OCH3 is 2. The molecule has 0 fully saturated rings. The van der Waals surface area contributed by atoms with Crippen molar-refractivity contribution < 1.29 is 18.9 Å². The van der Waals surface area contributed by atoms with Crippen molar-refractivity contribution in [2.75, 3.05) is 27.4 Å². The van der Waals surface area contributed by atoms with Gasteiger partial charge in [-0.3, -0.25) is 5.10 Å². The van der Waals surface area contributed by atoms with E-state index in [4.69, 9.17) is 24.7 Å². The number of nitrogens with zero attached hydrogens (tertiary/aromatic N) is 2. The summed E-state index contributed by atoms with van der Waals surface area (Å²) in [6.45, 7) is 4.90. The highest BCUT2D eigenvalue weighted by atomic mass is 16.5. The lowest BCUT2D eigenvalue weighted by Gasteiger charge is -2.14. The molecule has 0 aliphatic rings. The Kier molecular flexibility index (Phi) is 6.56. The molecule has 1 heterocycles. The molecule has 8 heteroatoms. The minimum Gasteiger partial charge on any atom is -0.493 e. The maximum Gasteiger partial charge on any atom is 0.181 e. The first-order valence-electron chi connectivity index (χ1n) is 9.41. The summed E-state index contributed by atoms with van der Waals surface area (Å²) in [5, 5.41) is 7.25. The van der Waals surface area contributed by atoms with Gasteiger partial charge in [0.05, 0.1) is 33.5 Å². The molecular weight excluding hydrogens is 372 g/mol. The first-order valence-corrected chi connectivity index (χ1v) is 9.41. The molecular formula is C21H26N4O4. The highest BCUT2D eigenvalue weighted by Crippen LogP contribution is 2.33. The third kappa shape index (κ3) is 4.43. The minimum atomic E-state index is -0.494. The van der Waals surface area contributed by atoms with Crippen LogP contribution >= 0.6 is 0 Å². The maximum atomic E-state index is 6.41. The molecule has 3 rings (SSSR count). The Hall–Kier alpha value is -3.26. The largest absolute Gasteiger partial charge is 0.493 e. The van der Waals surface area contributed by atoms with E-state index in [-0.39, 0.29) is 0 Å². The zero-order valence-electron chi connectivity index (χ0n) is 17.1. The van der Waals surface area contributed by atoms with Crippen LogP contribution in [0.25, 0.3) is 11.4 Å². The molecule has 0 aliphatic heterocycles. The van der Waals surface area contributed by atoms with Crippen molar-refractivity contribution in [3.8, 4) is 34.4 Å². The van der Waals surface area contributed by atoms with E-state index in [0.717, 1.165) is 11.1 Å². The first kappa shape index (κ1) is 20.5. The molecule has 3 N–H and O–H groups in total. The second kappa shape index (κ2) is 9.29. The van der Waals surface area contributed by atoms with Gasteiger partial charge in [-0.05, 0) is 49.7 Å². The Morgan fingerprint density at radius 3 is 2.14 bits per heavy atom. The zero-order chi connectivity index (χ0) is 20.8. The van der Waals surface area contributed by atoms with Crippen LogP contribution in [-0.4, -0.2) is 42.6 Å². The Morgan fingerprint density at radius 1 is 0.897 bits per heavy atom. The average molecular weight is 398 g/mol. The van der Waals surface area contributed by atoms with Gasteiger partial charge in [0.1, 0.15) is 5.82 Å². The number of aromatic amines is 1. The number of hydrogen-bond acceptors (Lipinski definition) is 7. The summed E-state index contributed by atoms with van der Waals surface area (Å²) in [6, 6.07) is 10.6. The van der Waals surface area contributed by atoms with E-state index >= 15 is 0 Å². The van der Waals surface area contributed by atoms with Crippen LogP contribution in [-0.2, 0) is 0 Å². The SMILES string of the molecule is CCOc1cc(-c2n[nH]c([C@H](N)c3ccc(OC)c(OCC)c3)n2)ccc1OC. The van der Waals surface area contributed by atoms with Crippen LogP contribution in [0.4, 0.5) is 0 Å². The summed E-state index contributed by atoms with van der Waals surface area (Å²) >= 11 is 0. The van der Waals surface area contributed by atoms with Crippen LogP contribution < -0.4 is 24.7 Å². The second-order valence-corrected chi connectivity index (χ2v) is 6.16. The highest BCUT2D eigenvalue weighted by molar-refractivity contribution is 5.61. The van der Waals surface area contributed by atoms with Crippen LogP contribution in [0, 0.1) is 0 Å². The van der Waals surface area contributed by atoms with Gasteiger partial charge in [0.25, 0.3) is 0 Å². The molecule has 0 unspecified atom stereocenters. The van der Waals surface area contributed by atoms with E-state index in [9.17, 15) is 0 Å². The summed E-state index contributed by atoms with van der Waals surface area (Å²) in [4.78, 5) is 4.57. The average Bonchev–Trinajstić information content (AvgIpc) is 3.24. The van der Waals surface area contributed by atoms with Crippen LogP contribution in [0.5, 0.6) is 23.0 Å². The molecule has 3 aromatic rings. The van der Waals surface area contributed by atoms with E-state index in [1.54, 1.807) is 14.2 Å². The van der Waals surface area contributed by atoms with Crippen molar-refractivity contribution in [2.45, 2.75) is 19.9 Å².